The topological polar surface area (TPSA) is 87.3 Å². The number of nitrogens with one attached hydrogen (secondary N) is 1. The van der Waals surface area contributed by atoms with Crippen LogP contribution in [0.25, 0.3) is 0 Å². The Labute approximate surface area is 151 Å². The fourth-order valence-corrected chi connectivity index (χ4v) is 3.34. The van der Waals surface area contributed by atoms with Gasteiger partial charge in [0.25, 0.3) is 0 Å². The Bertz CT molecular complexity index is 853. The number of benzene rings is 2. The van der Waals surface area contributed by atoms with E-state index in [0.717, 1.165) is 29.0 Å². The molecule has 2 unspecified atom stereocenters. The van der Waals surface area contributed by atoms with Crippen molar-refractivity contribution in [3.05, 3.63) is 47.5 Å². The minimum Gasteiger partial charge on any atom is -0.493 e. The standard InChI is InChI=1S/C19H21N3O4/c1-23-15-5-3-11(7-17(15)24-2)13-9-14(22-19(20)21-13)12-4-6-16-18(8-12)26-10-25-16/h3-8,13-14H,9-10H2,1-2H3,(H3,20,21,22). The molecule has 7 nitrogen and oxygen atoms in total. The molecule has 3 N–H and O–H groups in total. The lowest BCUT2D eigenvalue weighted by atomic mass is 9.93. The van der Waals surface area contributed by atoms with Gasteiger partial charge in [0.2, 0.25) is 6.79 Å². The van der Waals surface area contributed by atoms with Gasteiger partial charge in [-0.2, -0.15) is 0 Å². The second-order valence-corrected chi connectivity index (χ2v) is 6.19. The molecule has 0 aliphatic carbocycles. The van der Waals surface area contributed by atoms with Crippen LogP contribution in [-0.4, -0.2) is 27.0 Å². The second-order valence-electron chi connectivity index (χ2n) is 6.19. The van der Waals surface area contributed by atoms with Crippen molar-refractivity contribution in [2.75, 3.05) is 21.0 Å². The number of hydrogen-bond donors (Lipinski definition) is 2. The van der Waals surface area contributed by atoms with Gasteiger partial charge < -0.3 is 30.0 Å². The zero-order chi connectivity index (χ0) is 18.1. The first-order valence-electron chi connectivity index (χ1n) is 8.39. The van der Waals surface area contributed by atoms with E-state index < -0.39 is 0 Å². The molecule has 2 atom stereocenters. The van der Waals surface area contributed by atoms with E-state index in [-0.39, 0.29) is 18.9 Å². The third-order valence-corrected chi connectivity index (χ3v) is 4.67. The predicted octanol–water partition coefficient (Wildman–Crippen LogP) is 2.52. The second kappa shape index (κ2) is 6.67. The summed E-state index contributed by atoms with van der Waals surface area (Å²) in [5, 5.41) is 3.25. The molecule has 2 heterocycles. The molecule has 4 rings (SSSR count). The molecule has 7 heteroatoms. The number of ether oxygens (including phenoxy) is 4. The highest BCUT2D eigenvalue weighted by Crippen LogP contribution is 2.39. The van der Waals surface area contributed by atoms with Crippen LogP contribution in [0.4, 0.5) is 0 Å². The number of methoxy groups -OCH3 is 2. The minimum absolute atomic E-state index is 0.0164. The number of hydrogen-bond acceptors (Lipinski definition) is 7. The average Bonchev–Trinajstić information content (AvgIpc) is 3.14. The van der Waals surface area contributed by atoms with Gasteiger partial charge in [-0.3, -0.25) is 0 Å². The van der Waals surface area contributed by atoms with Crippen LogP contribution in [0.3, 0.4) is 0 Å². The van der Waals surface area contributed by atoms with Crippen LogP contribution in [-0.2, 0) is 0 Å². The van der Waals surface area contributed by atoms with E-state index in [1.165, 1.54) is 0 Å². The maximum Gasteiger partial charge on any atom is 0.231 e. The van der Waals surface area contributed by atoms with Gasteiger partial charge >= 0.3 is 0 Å². The molecular weight excluding hydrogens is 334 g/mol. The molecule has 2 aromatic rings. The van der Waals surface area contributed by atoms with Gasteiger partial charge in [-0.25, -0.2) is 4.99 Å². The van der Waals surface area contributed by atoms with Crippen LogP contribution in [0, 0.1) is 0 Å². The quantitative estimate of drug-likeness (QED) is 0.876. The van der Waals surface area contributed by atoms with E-state index in [0.29, 0.717) is 17.5 Å². The summed E-state index contributed by atoms with van der Waals surface area (Å²) >= 11 is 0. The van der Waals surface area contributed by atoms with Crippen molar-refractivity contribution in [3.63, 3.8) is 0 Å². The first-order chi connectivity index (χ1) is 12.7. The largest absolute Gasteiger partial charge is 0.493 e. The molecule has 0 bridgehead atoms. The van der Waals surface area contributed by atoms with E-state index in [1.807, 2.05) is 36.4 Å². The van der Waals surface area contributed by atoms with Crippen molar-refractivity contribution in [2.24, 2.45) is 10.7 Å². The maximum absolute atomic E-state index is 6.06. The van der Waals surface area contributed by atoms with E-state index in [9.17, 15) is 0 Å². The Morgan fingerprint density at radius 1 is 1.00 bits per heavy atom. The molecule has 136 valence electrons. The monoisotopic (exact) mass is 355 g/mol. The van der Waals surface area contributed by atoms with Crippen molar-refractivity contribution >= 4 is 5.96 Å². The molecule has 26 heavy (non-hydrogen) atoms. The summed E-state index contributed by atoms with van der Waals surface area (Å²) in [7, 11) is 3.25. The third kappa shape index (κ3) is 2.96. The zero-order valence-electron chi connectivity index (χ0n) is 14.7. The smallest absolute Gasteiger partial charge is 0.231 e. The van der Waals surface area contributed by atoms with Crippen molar-refractivity contribution in [3.8, 4) is 23.0 Å². The average molecular weight is 355 g/mol. The highest BCUT2D eigenvalue weighted by molar-refractivity contribution is 5.79. The summed E-state index contributed by atoms with van der Waals surface area (Å²) in [5.41, 5.74) is 8.16. The molecule has 0 saturated heterocycles. The zero-order valence-corrected chi connectivity index (χ0v) is 14.7. The summed E-state index contributed by atoms with van der Waals surface area (Å²) in [6.45, 7) is 0.255. The highest BCUT2D eigenvalue weighted by atomic mass is 16.7. The van der Waals surface area contributed by atoms with Crippen molar-refractivity contribution in [1.82, 2.24) is 5.32 Å². The Hall–Kier alpha value is -3.09. The number of fused-ring (bicyclic) bond motifs is 1. The van der Waals surface area contributed by atoms with E-state index in [2.05, 4.69) is 10.3 Å². The molecule has 2 aromatic carbocycles. The SMILES string of the molecule is COc1ccc(C2CC(c3ccc4c(c3)OCO4)N=C(N)N2)cc1OC. The molecule has 0 spiro atoms. The Morgan fingerprint density at radius 2 is 1.77 bits per heavy atom. The van der Waals surface area contributed by atoms with Gasteiger partial charge in [0.05, 0.1) is 26.3 Å². The fraction of sp³-hybridized carbons (Fsp3) is 0.316. The van der Waals surface area contributed by atoms with E-state index >= 15 is 0 Å². The molecular formula is C19H21N3O4. The van der Waals surface area contributed by atoms with Crippen LogP contribution in [0.1, 0.15) is 29.6 Å². The first kappa shape index (κ1) is 16.4. The van der Waals surface area contributed by atoms with Crippen molar-refractivity contribution in [2.45, 2.75) is 18.5 Å². The lowest BCUT2D eigenvalue weighted by Crippen LogP contribution is -2.39. The summed E-state index contributed by atoms with van der Waals surface area (Å²) < 4.78 is 21.6. The summed E-state index contributed by atoms with van der Waals surface area (Å²) in [6, 6.07) is 11.7. The highest BCUT2D eigenvalue weighted by Gasteiger charge is 2.26. The van der Waals surface area contributed by atoms with Crippen LogP contribution < -0.4 is 30.0 Å². The maximum atomic E-state index is 6.06. The molecule has 0 radical (unpaired) electrons. The van der Waals surface area contributed by atoms with Gasteiger partial charge in [0, 0.05) is 0 Å². The number of nitrogens with zero attached hydrogens (tertiary/aromatic N) is 1. The molecule has 0 aromatic heterocycles. The van der Waals surface area contributed by atoms with E-state index in [4.69, 9.17) is 24.7 Å². The normalized spacial score (nSPS) is 20.9. The Balaban J connectivity index is 1.61. The van der Waals surface area contributed by atoms with Crippen LogP contribution in [0.2, 0.25) is 0 Å². The first-order valence-corrected chi connectivity index (χ1v) is 8.39. The lowest BCUT2D eigenvalue weighted by molar-refractivity contribution is 0.174. The predicted molar refractivity (Wildman–Crippen MR) is 97.0 cm³/mol. The third-order valence-electron chi connectivity index (χ3n) is 4.67. The summed E-state index contributed by atoms with van der Waals surface area (Å²) in [5.74, 6) is 3.31. The van der Waals surface area contributed by atoms with Crippen LogP contribution >= 0.6 is 0 Å². The summed E-state index contributed by atoms with van der Waals surface area (Å²) in [4.78, 5) is 4.56. The summed E-state index contributed by atoms with van der Waals surface area (Å²) in [6.07, 6.45) is 0.760. The Morgan fingerprint density at radius 3 is 2.58 bits per heavy atom. The Kier molecular flexibility index (Phi) is 4.20. The molecule has 0 amide bonds. The van der Waals surface area contributed by atoms with Gasteiger partial charge in [-0.1, -0.05) is 12.1 Å². The fourth-order valence-electron chi connectivity index (χ4n) is 3.34. The van der Waals surface area contributed by atoms with E-state index in [1.54, 1.807) is 14.2 Å². The molecule has 0 fully saturated rings. The molecule has 0 saturated carbocycles. The lowest BCUT2D eigenvalue weighted by Gasteiger charge is -2.29. The van der Waals surface area contributed by atoms with Crippen LogP contribution in [0.5, 0.6) is 23.0 Å². The molecule has 2 aliphatic heterocycles. The van der Waals surface area contributed by atoms with Crippen LogP contribution in [0.15, 0.2) is 41.4 Å². The van der Waals surface area contributed by atoms with Crippen molar-refractivity contribution < 1.29 is 18.9 Å². The van der Waals surface area contributed by atoms with Gasteiger partial charge in [-0.15, -0.1) is 0 Å². The number of rotatable bonds is 4. The van der Waals surface area contributed by atoms with Gasteiger partial charge in [0.1, 0.15) is 0 Å². The number of nitrogens with two attached hydrogens (primary N) is 1. The number of guanidine groups is 1. The van der Waals surface area contributed by atoms with Gasteiger partial charge in [0.15, 0.2) is 29.0 Å². The molecule has 2 aliphatic rings. The van der Waals surface area contributed by atoms with Crippen molar-refractivity contribution in [1.29, 1.82) is 0 Å². The van der Waals surface area contributed by atoms with Gasteiger partial charge in [-0.05, 0) is 41.8 Å². The number of aliphatic imine (C=N–C) groups is 1. The minimum atomic E-state index is -0.0659.